The number of aromatic nitrogens is 2. The summed E-state index contributed by atoms with van der Waals surface area (Å²) in [6.07, 6.45) is 5.11. The molecule has 1 N–H and O–H groups in total. The molecule has 1 fully saturated rings. The van der Waals surface area contributed by atoms with E-state index < -0.39 is 0 Å². The smallest absolute Gasteiger partial charge is 0.194 e. The van der Waals surface area contributed by atoms with Gasteiger partial charge in [-0.2, -0.15) is 0 Å². The summed E-state index contributed by atoms with van der Waals surface area (Å²) in [5.41, 5.74) is 1.43. The lowest BCUT2D eigenvalue weighted by molar-refractivity contribution is 0.482. The zero-order chi connectivity index (χ0) is 18.4. The van der Waals surface area contributed by atoms with Gasteiger partial charge in [0, 0.05) is 44.5 Å². The predicted octanol–water partition coefficient (Wildman–Crippen LogP) is 4.11. The largest absolute Gasteiger partial charge is 0.357 e. The minimum Gasteiger partial charge on any atom is -0.357 e. The zero-order valence-corrected chi connectivity index (χ0v) is 19.0. The Bertz CT molecular complexity index is 710. The molecule has 1 aromatic carbocycles. The first-order valence-corrected chi connectivity index (χ1v) is 9.75. The minimum absolute atomic E-state index is 0. The van der Waals surface area contributed by atoms with Crippen molar-refractivity contribution in [1.82, 2.24) is 19.8 Å². The minimum atomic E-state index is 0. The first-order chi connectivity index (χ1) is 12.7. The van der Waals surface area contributed by atoms with Crippen LogP contribution < -0.4 is 5.32 Å². The van der Waals surface area contributed by atoms with Crippen molar-refractivity contribution in [2.75, 3.05) is 19.6 Å². The number of nitrogens with one attached hydrogen (secondary N) is 1. The molecule has 1 saturated heterocycles. The van der Waals surface area contributed by atoms with Gasteiger partial charge in [0.1, 0.15) is 12.4 Å². The molecule has 148 valence electrons. The van der Waals surface area contributed by atoms with Crippen molar-refractivity contribution in [2.45, 2.75) is 46.2 Å². The molecule has 2 aromatic rings. The van der Waals surface area contributed by atoms with Gasteiger partial charge < -0.3 is 14.8 Å². The Morgan fingerprint density at radius 3 is 2.78 bits per heavy atom. The third-order valence-corrected chi connectivity index (χ3v) is 4.83. The maximum absolute atomic E-state index is 4.88. The average Bonchev–Trinajstić information content (AvgIpc) is 3.29. The van der Waals surface area contributed by atoms with Gasteiger partial charge in [-0.1, -0.05) is 44.2 Å². The lowest BCUT2D eigenvalue weighted by Gasteiger charge is -2.22. The summed E-state index contributed by atoms with van der Waals surface area (Å²) in [5.74, 6) is 3.23. The summed E-state index contributed by atoms with van der Waals surface area (Å²) < 4.78 is 2.22. The zero-order valence-electron chi connectivity index (χ0n) is 16.6. The molecule has 0 saturated carbocycles. The van der Waals surface area contributed by atoms with Crippen molar-refractivity contribution in [3.05, 3.63) is 54.1 Å². The van der Waals surface area contributed by atoms with Crippen LogP contribution in [0.5, 0.6) is 0 Å². The Balaban J connectivity index is 0.00000261. The number of nitrogens with zero attached hydrogens (tertiary/aromatic N) is 4. The number of guanidine groups is 1. The first-order valence-electron chi connectivity index (χ1n) is 9.75. The maximum atomic E-state index is 4.88. The highest BCUT2D eigenvalue weighted by Crippen LogP contribution is 2.26. The molecular formula is C21H32IN5. The second kappa shape index (κ2) is 10.7. The van der Waals surface area contributed by atoms with E-state index in [0.29, 0.717) is 18.4 Å². The van der Waals surface area contributed by atoms with Gasteiger partial charge in [0.05, 0.1) is 0 Å². The standard InChI is InChI=1S/C21H31N5.HI/c1-4-22-21(24-14-20-23-11-13-25(20)15-17(2)3)26-12-10-19(16-26)18-8-6-5-7-9-18;/h5-9,11,13,17,19H,4,10,12,14-16H2,1-3H3,(H,22,24);1H. The Morgan fingerprint density at radius 1 is 1.30 bits per heavy atom. The van der Waals surface area contributed by atoms with Gasteiger partial charge in [-0.15, -0.1) is 24.0 Å². The Hall–Kier alpha value is -1.57. The summed E-state index contributed by atoms with van der Waals surface area (Å²) in [6.45, 7) is 11.1. The van der Waals surface area contributed by atoms with E-state index in [1.165, 1.54) is 12.0 Å². The SMILES string of the molecule is CCNC(=NCc1nccn1CC(C)C)N1CCC(c2ccccc2)C1.I. The van der Waals surface area contributed by atoms with Crippen LogP contribution in [0.25, 0.3) is 0 Å². The molecule has 0 spiro atoms. The van der Waals surface area contributed by atoms with Gasteiger partial charge in [0.2, 0.25) is 0 Å². The van der Waals surface area contributed by atoms with Crippen molar-refractivity contribution >= 4 is 29.9 Å². The van der Waals surface area contributed by atoms with Crippen molar-refractivity contribution in [3.63, 3.8) is 0 Å². The van der Waals surface area contributed by atoms with E-state index in [0.717, 1.165) is 38.0 Å². The number of likely N-dealkylation sites (tertiary alicyclic amines) is 1. The van der Waals surface area contributed by atoms with Gasteiger partial charge in [0.25, 0.3) is 0 Å². The molecule has 1 aliphatic rings. The van der Waals surface area contributed by atoms with Crippen LogP contribution >= 0.6 is 24.0 Å². The average molecular weight is 481 g/mol. The topological polar surface area (TPSA) is 45.5 Å². The van der Waals surface area contributed by atoms with E-state index in [9.17, 15) is 0 Å². The molecule has 1 aliphatic heterocycles. The third-order valence-electron chi connectivity index (χ3n) is 4.83. The Morgan fingerprint density at radius 2 is 2.07 bits per heavy atom. The van der Waals surface area contributed by atoms with Crippen LogP contribution in [0, 0.1) is 5.92 Å². The van der Waals surface area contributed by atoms with Gasteiger partial charge >= 0.3 is 0 Å². The van der Waals surface area contributed by atoms with Crippen LogP contribution in [0.15, 0.2) is 47.7 Å². The fourth-order valence-electron chi connectivity index (χ4n) is 3.57. The molecule has 2 heterocycles. The van der Waals surface area contributed by atoms with Gasteiger partial charge in [-0.05, 0) is 24.8 Å². The summed E-state index contributed by atoms with van der Waals surface area (Å²) in [4.78, 5) is 11.8. The monoisotopic (exact) mass is 481 g/mol. The summed E-state index contributed by atoms with van der Waals surface area (Å²) in [6, 6.07) is 10.8. The van der Waals surface area contributed by atoms with Crippen LogP contribution in [0.3, 0.4) is 0 Å². The van der Waals surface area contributed by atoms with Crippen LogP contribution in [0.1, 0.15) is 44.5 Å². The molecule has 5 nitrogen and oxygen atoms in total. The number of halogens is 1. The number of hydrogen-bond acceptors (Lipinski definition) is 2. The van der Waals surface area contributed by atoms with Crippen molar-refractivity contribution in [1.29, 1.82) is 0 Å². The number of rotatable bonds is 6. The van der Waals surface area contributed by atoms with Gasteiger partial charge in [-0.3, -0.25) is 0 Å². The molecule has 0 radical (unpaired) electrons. The second-order valence-corrected chi connectivity index (χ2v) is 7.40. The Kier molecular flexibility index (Phi) is 8.60. The fraction of sp³-hybridized carbons (Fsp3) is 0.524. The van der Waals surface area contributed by atoms with Crippen LogP contribution in [0.2, 0.25) is 0 Å². The normalized spacial score (nSPS) is 17.3. The highest BCUT2D eigenvalue weighted by atomic mass is 127. The van der Waals surface area contributed by atoms with Crippen LogP contribution in [-0.4, -0.2) is 40.0 Å². The lowest BCUT2D eigenvalue weighted by Crippen LogP contribution is -2.40. The number of hydrogen-bond donors (Lipinski definition) is 1. The van der Waals surface area contributed by atoms with Crippen molar-refractivity contribution in [2.24, 2.45) is 10.9 Å². The van der Waals surface area contributed by atoms with E-state index in [1.807, 2.05) is 6.20 Å². The summed E-state index contributed by atoms with van der Waals surface area (Å²) in [5, 5.41) is 3.46. The van der Waals surface area contributed by atoms with Gasteiger partial charge in [-0.25, -0.2) is 9.98 Å². The molecule has 3 rings (SSSR count). The molecule has 0 amide bonds. The predicted molar refractivity (Wildman–Crippen MR) is 123 cm³/mol. The first kappa shape index (κ1) is 21.7. The van der Waals surface area contributed by atoms with E-state index in [-0.39, 0.29) is 24.0 Å². The number of benzene rings is 1. The summed E-state index contributed by atoms with van der Waals surface area (Å²) >= 11 is 0. The van der Waals surface area contributed by atoms with Crippen molar-refractivity contribution in [3.8, 4) is 0 Å². The van der Waals surface area contributed by atoms with Crippen molar-refractivity contribution < 1.29 is 0 Å². The molecular weight excluding hydrogens is 449 g/mol. The third kappa shape index (κ3) is 5.96. The molecule has 1 aromatic heterocycles. The second-order valence-electron chi connectivity index (χ2n) is 7.40. The Labute approximate surface area is 180 Å². The van der Waals surface area contributed by atoms with E-state index in [1.54, 1.807) is 0 Å². The molecule has 0 bridgehead atoms. The highest BCUT2D eigenvalue weighted by molar-refractivity contribution is 14.0. The fourth-order valence-corrected chi connectivity index (χ4v) is 3.57. The quantitative estimate of drug-likeness (QED) is 0.384. The summed E-state index contributed by atoms with van der Waals surface area (Å²) in [7, 11) is 0. The number of aliphatic imine (C=N–C) groups is 1. The van der Waals surface area contributed by atoms with E-state index in [4.69, 9.17) is 4.99 Å². The van der Waals surface area contributed by atoms with Gasteiger partial charge in [0.15, 0.2) is 5.96 Å². The van der Waals surface area contributed by atoms with E-state index >= 15 is 0 Å². The van der Waals surface area contributed by atoms with Crippen LogP contribution in [0.4, 0.5) is 0 Å². The molecule has 27 heavy (non-hydrogen) atoms. The molecule has 1 unspecified atom stereocenters. The molecule has 1 atom stereocenters. The van der Waals surface area contributed by atoms with E-state index in [2.05, 4.69) is 77.1 Å². The lowest BCUT2D eigenvalue weighted by atomic mass is 9.99. The number of imidazole rings is 1. The molecule has 0 aliphatic carbocycles. The molecule has 6 heteroatoms. The highest BCUT2D eigenvalue weighted by Gasteiger charge is 2.25. The van der Waals surface area contributed by atoms with Crippen LogP contribution in [-0.2, 0) is 13.1 Å². The maximum Gasteiger partial charge on any atom is 0.194 e.